The second kappa shape index (κ2) is 3.38. The van der Waals surface area contributed by atoms with Crippen LogP contribution >= 0.6 is 0 Å². The second-order valence-corrected chi connectivity index (χ2v) is 4.03. The molecule has 5 nitrogen and oxygen atoms in total. The highest BCUT2D eigenvalue weighted by molar-refractivity contribution is 5.91. The van der Waals surface area contributed by atoms with Gasteiger partial charge in [0.25, 0.3) is 0 Å². The summed E-state index contributed by atoms with van der Waals surface area (Å²) >= 11 is 0. The van der Waals surface area contributed by atoms with Crippen LogP contribution in [0.25, 0.3) is 0 Å². The van der Waals surface area contributed by atoms with Gasteiger partial charge in [0.05, 0.1) is 7.11 Å². The number of aromatic hydroxyl groups is 1. The summed E-state index contributed by atoms with van der Waals surface area (Å²) in [7, 11) is 1.36. The number of ether oxygens (including phenoxy) is 1. The first-order chi connectivity index (χ1) is 7.48. The van der Waals surface area contributed by atoms with Gasteiger partial charge in [-0.05, 0) is 18.9 Å². The molecular weight excluding hydrogens is 210 g/mol. The molecule has 5 heteroatoms. The van der Waals surface area contributed by atoms with Gasteiger partial charge >= 0.3 is 5.97 Å². The maximum atomic E-state index is 11.0. The van der Waals surface area contributed by atoms with Crippen molar-refractivity contribution in [3.05, 3.63) is 23.3 Å². The van der Waals surface area contributed by atoms with Gasteiger partial charge in [-0.3, -0.25) is 0 Å². The van der Waals surface area contributed by atoms with Crippen LogP contribution in [0.3, 0.4) is 0 Å². The molecule has 1 aromatic rings. The fraction of sp³-hybridized carbons (Fsp3) is 0.364. The molecule has 0 bridgehead atoms. The quantitative estimate of drug-likeness (QED) is 0.712. The zero-order valence-electron chi connectivity index (χ0n) is 8.86. The number of phenols is 1. The molecule has 0 saturated heterocycles. The summed E-state index contributed by atoms with van der Waals surface area (Å²) in [5, 5.41) is 18.7. The average Bonchev–Trinajstić information content (AvgIpc) is 2.96. The van der Waals surface area contributed by atoms with E-state index in [0.717, 1.165) is 12.8 Å². The van der Waals surface area contributed by atoms with Crippen molar-refractivity contribution in [2.75, 3.05) is 7.11 Å². The number of rotatable bonds is 3. The fourth-order valence-electron chi connectivity index (χ4n) is 1.71. The van der Waals surface area contributed by atoms with Gasteiger partial charge in [0.1, 0.15) is 17.1 Å². The minimum Gasteiger partial charge on any atom is -0.507 e. The summed E-state index contributed by atoms with van der Waals surface area (Å²) in [5.74, 6) is -0.970. The third-order valence-corrected chi connectivity index (χ3v) is 2.87. The van der Waals surface area contributed by atoms with Gasteiger partial charge in [-0.15, -0.1) is 0 Å². The van der Waals surface area contributed by atoms with Crippen molar-refractivity contribution in [1.82, 2.24) is 0 Å². The first-order valence-electron chi connectivity index (χ1n) is 4.91. The van der Waals surface area contributed by atoms with E-state index in [1.54, 1.807) is 0 Å². The highest BCUT2D eigenvalue weighted by Gasteiger charge is 2.42. The molecule has 1 saturated carbocycles. The van der Waals surface area contributed by atoms with Crippen molar-refractivity contribution in [2.24, 2.45) is 5.73 Å². The van der Waals surface area contributed by atoms with Crippen molar-refractivity contribution >= 4 is 5.97 Å². The van der Waals surface area contributed by atoms with E-state index >= 15 is 0 Å². The Morgan fingerprint density at radius 3 is 2.56 bits per heavy atom. The third-order valence-electron chi connectivity index (χ3n) is 2.87. The van der Waals surface area contributed by atoms with Crippen molar-refractivity contribution in [3.8, 4) is 11.5 Å². The molecule has 1 aliphatic rings. The average molecular weight is 223 g/mol. The Kier molecular flexibility index (Phi) is 2.27. The van der Waals surface area contributed by atoms with Gasteiger partial charge in [0, 0.05) is 17.2 Å². The molecule has 0 aromatic heterocycles. The number of carboxylic acids is 1. The topological polar surface area (TPSA) is 92.8 Å². The Balaban J connectivity index is 2.56. The summed E-state index contributed by atoms with van der Waals surface area (Å²) in [6.07, 6.45) is 1.51. The van der Waals surface area contributed by atoms with E-state index in [0.29, 0.717) is 5.56 Å². The molecule has 1 aromatic carbocycles. The van der Waals surface area contributed by atoms with Crippen LogP contribution in [-0.4, -0.2) is 23.3 Å². The van der Waals surface area contributed by atoms with E-state index in [1.807, 2.05) is 0 Å². The lowest BCUT2D eigenvalue weighted by atomic mass is 10.0. The van der Waals surface area contributed by atoms with E-state index in [2.05, 4.69) is 0 Å². The predicted octanol–water partition coefficient (Wildman–Crippen LogP) is 1.05. The molecule has 0 heterocycles. The summed E-state index contributed by atoms with van der Waals surface area (Å²) in [4.78, 5) is 11.0. The SMILES string of the molecule is COc1cc(O)c(C2(N)CC2)cc1C(=O)O. The summed E-state index contributed by atoms with van der Waals surface area (Å²) in [6, 6.07) is 2.69. The molecule has 0 radical (unpaired) electrons. The molecular formula is C11H13NO4. The number of hydrogen-bond donors (Lipinski definition) is 3. The Labute approximate surface area is 92.5 Å². The molecule has 86 valence electrons. The number of carboxylic acid groups (broad SMARTS) is 1. The molecule has 0 spiro atoms. The number of hydrogen-bond acceptors (Lipinski definition) is 4. The summed E-state index contributed by atoms with van der Waals surface area (Å²) in [5.41, 5.74) is 5.86. The van der Waals surface area contributed by atoms with Crippen molar-refractivity contribution in [1.29, 1.82) is 0 Å². The van der Waals surface area contributed by atoms with Crippen molar-refractivity contribution < 1.29 is 19.7 Å². The Morgan fingerprint density at radius 2 is 2.12 bits per heavy atom. The maximum Gasteiger partial charge on any atom is 0.339 e. The standard InChI is InChI=1S/C11H13NO4/c1-16-9-5-8(13)7(11(12)2-3-11)4-6(9)10(14)15/h4-5,13H,2-3,12H2,1H3,(H,14,15). The van der Waals surface area contributed by atoms with E-state index in [-0.39, 0.29) is 17.1 Å². The minimum absolute atomic E-state index is 0.0122. The molecule has 1 fully saturated rings. The molecule has 16 heavy (non-hydrogen) atoms. The largest absolute Gasteiger partial charge is 0.507 e. The van der Waals surface area contributed by atoms with Gasteiger partial charge < -0.3 is 20.7 Å². The lowest BCUT2D eigenvalue weighted by Gasteiger charge is -2.14. The number of methoxy groups -OCH3 is 1. The van der Waals surface area contributed by atoms with Gasteiger partial charge in [-0.25, -0.2) is 4.79 Å². The second-order valence-electron chi connectivity index (χ2n) is 4.03. The molecule has 0 aliphatic heterocycles. The monoisotopic (exact) mass is 223 g/mol. The highest BCUT2D eigenvalue weighted by Crippen LogP contribution is 2.47. The lowest BCUT2D eigenvalue weighted by molar-refractivity contribution is 0.0693. The fourth-order valence-corrected chi connectivity index (χ4v) is 1.71. The van der Waals surface area contributed by atoms with E-state index < -0.39 is 11.5 Å². The minimum atomic E-state index is -1.10. The first kappa shape index (κ1) is 10.8. The van der Waals surface area contributed by atoms with Crippen LogP contribution < -0.4 is 10.5 Å². The lowest BCUT2D eigenvalue weighted by Crippen LogP contribution is -2.19. The van der Waals surface area contributed by atoms with Crippen LogP contribution in [0.1, 0.15) is 28.8 Å². The first-order valence-corrected chi connectivity index (χ1v) is 4.91. The molecule has 2 rings (SSSR count). The van der Waals surface area contributed by atoms with Crippen LogP contribution in [0, 0.1) is 0 Å². The highest BCUT2D eigenvalue weighted by atomic mass is 16.5. The van der Waals surface area contributed by atoms with Gasteiger partial charge in [0.15, 0.2) is 0 Å². The number of carbonyl (C=O) groups is 1. The van der Waals surface area contributed by atoms with Crippen LogP contribution in [0.4, 0.5) is 0 Å². The number of phenolic OH excluding ortho intramolecular Hbond substituents is 1. The Hall–Kier alpha value is -1.75. The molecule has 0 amide bonds. The summed E-state index contributed by atoms with van der Waals surface area (Å²) < 4.78 is 4.89. The van der Waals surface area contributed by atoms with Crippen molar-refractivity contribution in [2.45, 2.75) is 18.4 Å². The Morgan fingerprint density at radius 1 is 1.50 bits per heavy atom. The van der Waals surface area contributed by atoms with Gasteiger partial charge in [0.2, 0.25) is 0 Å². The van der Waals surface area contributed by atoms with Gasteiger partial charge in [-0.1, -0.05) is 0 Å². The number of aromatic carboxylic acids is 1. The predicted molar refractivity (Wildman–Crippen MR) is 56.7 cm³/mol. The molecule has 4 N–H and O–H groups in total. The maximum absolute atomic E-state index is 11.0. The van der Waals surface area contributed by atoms with Crippen LogP contribution in [0.5, 0.6) is 11.5 Å². The number of nitrogens with two attached hydrogens (primary N) is 1. The van der Waals surface area contributed by atoms with Crippen LogP contribution in [-0.2, 0) is 5.54 Å². The van der Waals surface area contributed by atoms with E-state index in [4.69, 9.17) is 15.6 Å². The molecule has 0 unspecified atom stereocenters. The normalized spacial score (nSPS) is 16.9. The van der Waals surface area contributed by atoms with E-state index in [1.165, 1.54) is 19.2 Å². The zero-order chi connectivity index (χ0) is 11.9. The molecule has 0 atom stereocenters. The zero-order valence-corrected chi connectivity index (χ0v) is 8.86. The third kappa shape index (κ3) is 1.59. The smallest absolute Gasteiger partial charge is 0.339 e. The van der Waals surface area contributed by atoms with Crippen molar-refractivity contribution in [3.63, 3.8) is 0 Å². The summed E-state index contributed by atoms with van der Waals surface area (Å²) in [6.45, 7) is 0. The van der Waals surface area contributed by atoms with E-state index in [9.17, 15) is 9.90 Å². The number of benzene rings is 1. The van der Waals surface area contributed by atoms with Crippen LogP contribution in [0.15, 0.2) is 12.1 Å². The van der Waals surface area contributed by atoms with Gasteiger partial charge in [-0.2, -0.15) is 0 Å². The Bertz CT molecular complexity index is 452. The van der Waals surface area contributed by atoms with Crippen LogP contribution in [0.2, 0.25) is 0 Å². The molecule has 1 aliphatic carbocycles.